The maximum atomic E-state index is 13.7. The molecular weight excluding hydrogens is 297 g/mol. The van der Waals surface area contributed by atoms with Gasteiger partial charge < -0.3 is 15.2 Å². The van der Waals surface area contributed by atoms with E-state index >= 15 is 0 Å². The van der Waals surface area contributed by atoms with Gasteiger partial charge in [0.1, 0.15) is 0 Å². The van der Waals surface area contributed by atoms with Crippen LogP contribution in [0.3, 0.4) is 0 Å². The SMILES string of the molecule is COc1ccc(CN[C@H]2c3ccccc3C[C@H]2C(=O)O)cc1F. The van der Waals surface area contributed by atoms with Gasteiger partial charge >= 0.3 is 5.97 Å². The molecule has 2 N–H and O–H groups in total. The standard InChI is InChI=1S/C18H18FNO3/c1-23-16-7-6-11(8-15(16)19)10-20-17-13-5-3-2-4-12(13)9-14(17)18(21)22/h2-8,14,17,20H,9-10H2,1H3,(H,21,22)/t14-,17+/m1/s1. The van der Waals surface area contributed by atoms with Gasteiger partial charge in [-0.15, -0.1) is 0 Å². The van der Waals surface area contributed by atoms with Gasteiger partial charge in [0.05, 0.1) is 13.0 Å². The molecule has 0 fully saturated rings. The van der Waals surface area contributed by atoms with Gasteiger partial charge in [-0.1, -0.05) is 30.3 Å². The molecule has 4 nitrogen and oxygen atoms in total. The molecule has 0 unspecified atom stereocenters. The lowest BCUT2D eigenvalue weighted by Gasteiger charge is -2.19. The highest BCUT2D eigenvalue weighted by Crippen LogP contribution is 2.36. The van der Waals surface area contributed by atoms with Crippen LogP contribution in [0.5, 0.6) is 5.75 Å². The molecule has 0 aliphatic heterocycles. The van der Waals surface area contributed by atoms with Crippen LogP contribution in [0.2, 0.25) is 0 Å². The number of hydrogen-bond acceptors (Lipinski definition) is 3. The topological polar surface area (TPSA) is 58.6 Å². The van der Waals surface area contributed by atoms with E-state index in [1.807, 2.05) is 24.3 Å². The normalized spacial score (nSPS) is 19.4. The van der Waals surface area contributed by atoms with Crippen molar-refractivity contribution in [3.05, 3.63) is 65.0 Å². The number of hydrogen-bond donors (Lipinski definition) is 2. The minimum absolute atomic E-state index is 0.198. The number of nitrogens with one attached hydrogen (secondary N) is 1. The van der Waals surface area contributed by atoms with Crippen molar-refractivity contribution in [2.75, 3.05) is 7.11 Å². The van der Waals surface area contributed by atoms with Crippen LogP contribution in [0.4, 0.5) is 4.39 Å². The van der Waals surface area contributed by atoms with Crippen LogP contribution in [-0.2, 0) is 17.8 Å². The summed E-state index contributed by atoms with van der Waals surface area (Å²) in [4.78, 5) is 11.5. The highest BCUT2D eigenvalue weighted by Gasteiger charge is 2.36. The molecule has 1 aliphatic carbocycles. The lowest BCUT2D eigenvalue weighted by molar-refractivity contribution is -0.142. The van der Waals surface area contributed by atoms with Gasteiger partial charge in [0, 0.05) is 12.6 Å². The summed E-state index contributed by atoms with van der Waals surface area (Å²) in [5, 5.41) is 12.7. The second kappa shape index (κ2) is 6.38. The highest BCUT2D eigenvalue weighted by atomic mass is 19.1. The Morgan fingerprint density at radius 1 is 1.35 bits per heavy atom. The van der Waals surface area contributed by atoms with Gasteiger partial charge in [0.25, 0.3) is 0 Å². The van der Waals surface area contributed by atoms with E-state index in [0.717, 1.165) is 16.7 Å². The molecule has 0 radical (unpaired) electrons. The molecule has 0 saturated heterocycles. The number of carbonyl (C=O) groups is 1. The lowest BCUT2D eigenvalue weighted by Crippen LogP contribution is -2.29. The molecular formula is C18H18FNO3. The van der Waals surface area contributed by atoms with Crippen LogP contribution in [-0.4, -0.2) is 18.2 Å². The highest BCUT2D eigenvalue weighted by molar-refractivity contribution is 5.73. The van der Waals surface area contributed by atoms with Crippen molar-refractivity contribution in [2.24, 2.45) is 5.92 Å². The smallest absolute Gasteiger partial charge is 0.308 e. The average Bonchev–Trinajstić information content (AvgIpc) is 2.92. The number of aliphatic carboxylic acids is 1. The van der Waals surface area contributed by atoms with Gasteiger partial charge in [-0.05, 0) is 35.2 Å². The fraction of sp³-hybridized carbons (Fsp3) is 0.278. The Labute approximate surface area is 133 Å². The third kappa shape index (κ3) is 3.05. The van der Waals surface area contributed by atoms with Crippen LogP contribution < -0.4 is 10.1 Å². The van der Waals surface area contributed by atoms with Crippen LogP contribution >= 0.6 is 0 Å². The fourth-order valence-electron chi connectivity index (χ4n) is 3.12. The average molecular weight is 315 g/mol. The third-order valence-electron chi connectivity index (χ3n) is 4.29. The van der Waals surface area contributed by atoms with Gasteiger partial charge in [-0.25, -0.2) is 4.39 Å². The minimum Gasteiger partial charge on any atom is -0.494 e. The Morgan fingerprint density at radius 2 is 2.13 bits per heavy atom. The Kier molecular flexibility index (Phi) is 4.30. The Morgan fingerprint density at radius 3 is 2.83 bits per heavy atom. The molecule has 2 atom stereocenters. The maximum Gasteiger partial charge on any atom is 0.308 e. The predicted octanol–water partition coefficient (Wildman–Crippen LogP) is 2.92. The van der Waals surface area contributed by atoms with Crippen molar-refractivity contribution >= 4 is 5.97 Å². The summed E-state index contributed by atoms with van der Waals surface area (Å²) < 4.78 is 18.6. The quantitative estimate of drug-likeness (QED) is 0.891. The van der Waals surface area contributed by atoms with Crippen molar-refractivity contribution in [1.29, 1.82) is 0 Å². The second-order valence-electron chi connectivity index (χ2n) is 5.68. The number of ether oxygens (including phenoxy) is 1. The molecule has 1 aliphatic rings. The van der Waals surface area contributed by atoms with E-state index in [-0.39, 0.29) is 11.8 Å². The zero-order valence-electron chi connectivity index (χ0n) is 12.8. The van der Waals surface area contributed by atoms with Crippen molar-refractivity contribution in [3.63, 3.8) is 0 Å². The zero-order chi connectivity index (χ0) is 16.4. The number of carboxylic acids is 1. The zero-order valence-corrected chi connectivity index (χ0v) is 12.8. The molecule has 23 heavy (non-hydrogen) atoms. The van der Waals surface area contributed by atoms with Crippen molar-refractivity contribution in [2.45, 2.75) is 19.0 Å². The van der Waals surface area contributed by atoms with E-state index in [9.17, 15) is 14.3 Å². The molecule has 0 amide bonds. The molecule has 2 aromatic rings. The number of halogens is 1. The molecule has 120 valence electrons. The summed E-state index contributed by atoms with van der Waals surface area (Å²) in [6.45, 7) is 0.393. The first-order valence-corrected chi connectivity index (χ1v) is 7.46. The largest absolute Gasteiger partial charge is 0.494 e. The van der Waals surface area contributed by atoms with Crippen molar-refractivity contribution in [1.82, 2.24) is 5.32 Å². The van der Waals surface area contributed by atoms with Gasteiger partial charge in [0.15, 0.2) is 11.6 Å². The summed E-state index contributed by atoms with van der Waals surface area (Å²) in [5.41, 5.74) is 2.81. The fourth-order valence-corrected chi connectivity index (χ4v) is 3.12. The number of benzene rings is 2. The summed E-state index contributed by atoms with van der Waals surface area (Å²) in [5.74, 6) is -1.55. The third-order valence-corrected chi connectivity index (χ3v) is 4.29. The van der Waals surface area contributed by atoms with Crippen LogP contribution in [0, 0.1) is 11.7 Å². The summed E-state index contributed by atoms with van der Waals surface area (Å²) >= 11 is 0. The Balaban J connectivity index is 1.78. The summed E-state index contributed by atoms with van der Waals surface area (Å²) in [7, 11) is 1.42. The van der Waals surface area contributed by atoms with Crippen molar-refractivity contribution < 1.29 is 19.0 Å². The first kappa shape index (κ1) is 15.5. The molecule has 0 spiro atoms. The van der Waals surface area contributed by atoms with E-state index < -0.39 is 17.7 Å². The first-order valence-electron chi connectivity index (χ1n) is 7.46. The Bertz CT molecular complexity index is 732. The molecule has 3 rings (SSSR count). The molecule has 5 heteroatoms. The molecule has 0 saturated carbocycles. The molecule has 0 heterocycles. The molecule has 2 aromatic carbocycles. The maximum absolute atomic E-state index is 13.7. The number of fused-ring (bicyclic) bond motifs is 1. The van der Waals surface area contributed by atoms with Crippen molar-refractivity contribution in [3.8, 4) is 5.75 Å². The van der Waals surface area contributed by atoms with Gasteiger partial charge in [-0.3, -0.25) is 4.79 Å². The minimum atomic E-state index is -0.820. The first-order chi connectivity index (χ1) is 11.1. The van der Waals surface area contributed by atoms with Crippen LogP contribution in [0.25, 0.3) is 0 Å². The van der Waals surface area contributed by atoms with E-state index in [1.165, 1.54) is 13.2 Å². The van der Waals surface area contributed by atoms with Crippen LogP contribution in [0.1, 0.15) is 22.7 Å². The second-order valence-corrected chi connectivity index (χ2v) is 5.68. The number of carboxylic acid groups (broad SMARTS) is 1. The van der Waals surface area contributed by atoms with Gasteiger partial charge in [0.2, 0.25) is 0 Å². The lowest BCUT2D eigenvalue weighted by atomic mass is 10.0. The van der Waals surface area contributed by atoms with E-state index in [2.05, 4.69) is 5.32 Å². The number of rotatable bonds is 5. The molecule has 0 aromatic heterocycles. The van der Waals surface area contributed by atoms with E-state index in [1.54, 1.807) is 12.1 Å². The number of methoxy groups -OCH3 is 1. The Hall–Kier alpha value is -2.40. The summed E-state index contributed by atoms with van der Waals surface area (Å²) in [6, 6.07) is 12.2. The van der Waals surface area contributed by atoms with Gasteiger partial charge in [-0.2, -0.15) is 0 Å². The van der Waals surface area contributed by atoms with Crippen LogP contribution in [0.15, 0.2) is 42.5 Å². The monoisotopic (exact) mass is 315 g/mol. The van der Waals surface area contributed by atoms with E-state index in [4.69, 9.17) is 4.74 Å². The molecule has 0 bridgehead atoms. The van der Waals surface area contributed by atoms with E-state index in [0.29, 0.717) is 13.0 Å². The predicted molar refractivity (Wildman–Crippen MR) is 83.8 cm³/mol. The summed E-state index contributed by atoms with van der Waals surface area (Å²) in [6.07, 6.45) is 0.514.